The number of aliphatic imine (C=N–C) groups is 1. The molecule has 0 unspecified atom stereocenters. The zero-order chi connectivity index (χ0) is 16.4. The Morgan fingerprint density at radius 3 is 2.91 bits per heavy atom. The Hall–Kier alpha value is -2.66. The molecule has 0 aliphatic carbocycles. The molecule has 23 heavy (non-hydrogen) atoms. The Morgan fingerprint density at radius 2 is 2.22 bits per heavy atom. The van der Waals surface area contributed by atoms with Gasteiger partial charge < -0.3 is 11.5 Å². The molecule has 2 heterocycles. The van der Waals surface area contributed by atoms with Gasteiger partial charge in [0.05, 0.1) is 22.1 Å². The smallest absolute Gasteiger partial charge is 0.240 e. The average Bonchev–Trinajstić information content (AvgIpc) is 3.13. The van der Waals surface area contributed by atoms with Crippen molar-refractivity contribution in [3.8, 4) is 0 Å². The van der Waals surface area contributed by atoms with Crippen molar-refractivity contribution in [3.05, 3.63) is 39.6 Å². The zero-order valence-electron chi connectivity index (χ0n) is 11.4. The van der Waals surface area contributed by atoms with Crippen molar-refractivity contribution in [2.75, 3.05) is 5.73 Å². The van der Waals surface area contributed by atoms with E-state index < -0.39 is 5.82 Å². The van der Waals surface area contributed by atoms with Gasteiger partial charge in [0, 0.05) is 0 Å². The Morgan fingerprint density at radius 1 is 1.39 bits per heavy atom. The van der Waals surface area contributed by atoms with Gasteiger partial charge in [0.1, 0.15) is 11.5 Å². The lowest BCUT2D eigenvalue weighted by molar-refractivity contribution is 0.628. The third-order valence-corrected chi connectivity index (χ3v) is 3.80. The van der Waals surface area contributed by atoms with Gasteiger partial charge in [-0.25, -0.2) is 14.1 Å². The Balaban J connectivity index is 1.89. The summed E-state index contributed by atoms with van der Waals surface area (Å²) in [5.74, 6) is -0.261. The SMILES string of the molecule is NC(=Nc1ccc(F)c(Cl)c1)c1nnsc1Cn1nnnc1N. The van der Waals surface area contributed by atoms with E-state index >= 15 is 0 Å². The summed E-state index contributed by atoms with van der Waals surface area (Å²) in [7, 11) is 0. The first-order chi connectivity index (χ1) is 11.0. The molecule has 0 radical (unpaired) electrons. The summed E-state index contributed by atoms with van der Waals surface area (Å²) in [6.45, 7) is 0.256. The fourth-order valence-corrected chi connectivity index (χ4v) is 2.52. The summed E-state index contributed by atoms with van der Waals surface area (Å²) in [6, 6.07) is 4.02. The zero-order valence-corrected chi connectivity index (χ0v) is 13.0. The first kappa shape index (κ1) is 15.2. The molecule has 3 rings (SSSR count). The summed E-state index contributed by atoms with van der Waals surface area (Å²) in [5, 5.41) is 14.7. The summed E-state index contributed by atoms with van der Waals surface area (Å²) in [5.41, 5.74) is 12.3. The van der Waals surface area contributed by atoms with Crippen molar-refractivity contribution in [3.63, 3.8) is 0 Å². The van der Waals surface area contributed by atoms with Crippen LogP contribution in [0.1, 0.15) is 10.6 Å². The van der Waals surface area contributed by atoms with Crippen LogP contribution in [-0.2, 0) is 6.54 Å². The van der Waals surface area contributed by atoms with Crippen LogP contribution in [0.4, 0.5) is 16.0 Å². The molecule has 9 nitrogen and oxygen atoms in total. The molecule has 118 valence electrons. The van der Waals surface area contributed by atoms with Crippen molar-refractivity contribution in [2.24, 2.45) is 10.7 Å². The number of benzene rings is 1. The quantitative estimate of drug-likeness (QED) is 0.527. The van der Waals surface area contributed by atoms with E-state index in [0.717, 1.165) is 11.5 Å². The van der Waals surface area contributed by atoms with E-state index in [1.54, 1.807) is 0 Å². The molecule has 0 bridgehead atoms. The fraction of sp³-hybridized carbons (Fsp3) is 0.0909. The number of hydrogen-bond acceptors (Lipinski definition) is 8. The second-order valence-electron chi connectivity index (χ2n) is 4.33. The Bertz CT molecular complexity index is 874. The molecule has 4 N–H and O–H groups in total. The van der Waals surface area contributed by atoms with E-state index in [1.165, 1.54) is 22.9 Å². The highest BCUT2D eigenvalue weighted by Gasteiger charge is 2.15. The number of hydrogen-bond donors (Lipinski definition) is 2. The molecular formula is C11H9ClFN9S. The largest absolute Gasteiger partial charge is 0.382 e. The number of nitrogens with zero attached hydrogens (tertiary/aromatic N) is 7. The van der Waals surface area contributed by atoms with Crippen LogP contribution in [0.25, 0.3) is 0 Å². The fourth-order valence-electron chi connectivity index (χ4n) is 1.71. The summed E-state index contributed by atoms with van der Waals surface area (Å²) in [6.07, 6.45) is 0. The lowest BCUT2D eigenvalue weighted by Crippen LogP contribution is -2.17. The lowest BCUT2D eigenvalue weighted by Gasteiger charge is -2.02. The third kappa shape index (κ3) is 3.24. The number of anilines is 1. The molecule has 0 aliphatic rings. The number of nitrogen functional groups attached to an aromatic ring is 1. The Kier molecular flexibility index (Phi) is 4.12. The molecule has 0 spiro atoms. The maximum absolute atomic E-state index is 13.2. The number of amidine groups is 1. The normalized spacial score (nSPS) is 11.8. The molecule has 1 aromatic carbocycles. The van der Waals surface area contributed by atoms with Crippen LogP contribution in [0.15, 0.2) is 23.2 Å². The van der Waals surface area contributed by atoms with E-state index in [0.29, 0.717) is 16.3 Å². The van der Waals surface area contributed by atoms with Gasteiger partial charge in [-0.1, -0.05) is 21.2 Å². The molecule has 0 atom stereocenters. The highest BCUT2D eigenvalue weighted by molar-refractivity contribution is 7.05. The van der Waals surface area contributed by atoms with Crippen molar-refractivity contribution < 1.29 is 4.39 Å². The van der Waals surface area contributed by atoms with Crippen LogP contribution in [0.2, 0.25) is 5.02 Å². The van der Waals surface area contributed by atoms with Crippen molar-refractivity contribution >= 4 is 40.6 Å². The van der Waals surface area contributed by atoms with Crippen molar-refractivity contribution in [1.29, 1.82) is 0 Å². The number of rotatable bonds is 4. The molecule has 0 saturated heterocycles. The second-order valence-corrected chi connectivity index (χ2v) is 5.58. The topological polar surface area (TPSA) is 134 Å². The minimum atomic E-state index is -0.533. The molecule has 0 saturated carbocycles. The van der Waals surface area contributed by atoms with Crippen LogP contribution < -0.4 is 11.5 Å². The first-order valence-electron chi connectivity index (χ1n) is 6.17. The molecule has 2 aromatic heterocycles. The van der Waals surface area contributed by atoms with Gasteiger partial charge in [-0.05, 0) is 40.2 Å². The van der Waals surface area contributed by atoms with E-state index in [-0.39, 0.29) is 23.4 Å². The highest BCUT2D eigenvalue weighted by Crippen LogP contribution is 2.22. The van der Waals surface area contributed by atoms with Gasteiger partial charge in [0.15, 0.2) is 5.84 Å². The minimum Gasteiger partial charge on any atom is -0.382 e. The molecule has 12 heteroatoms. The van der Waals surface area contributed by atoms with Crippen LogP contribution in [0.3, 0.4) is 0 Å². The summed E-state index contributed by atoms with van der Waals surface area (Å²) in [4.78, 5) is 4.85. The second kappa shape index (κ2) is 6.22. The predicted molar refractivity (Wildman–Crippen MR) is 83.0 cm³/mol. The van der Waals surface area contributed by atoms with Gasteiger partial charge in [-0.2, -0.15) is 0 Å². The van der Waals surface area contributed by atoms with Crippen LogP contribution in [0.5, 0.6) is 0 Å². The van der Waals surface area contributed by atoms with Gasteiger partial charge in [0.2, 0.25) is 5.95 Å². The molecular weight excluding hydrogens is 345 g/mol. The molecule has 0 fully saturated rings. The first-order valence-corrected chi connectivity index (χ1v) is 7.32. The van der Waals surface area contributed by atoms with Gasteiger partial charge in [-0.15, -0.1) is 5.10 Å². The monoisotopic (exact) mass is 353 g/mol. The third-order valence-electron chi connectivity index (χ3n) is 2.80. The maximum atomic E-state index is 13.2. The van der Waals surface area contributed by atoms with Crippen LogP contribution in [0, 0.1) is 5.82 Å². The van der Waals surface area contributed by atoms with Crippen LogP contribution >= 0.6 is 23.1 Å². The van der Waals surface area contributed by atoms with E-state index in [1.807, 2.05) is 0 Å². The molecule has 0 aliphatic heterocycles. The minimum absolute atomic E-state index is 0.0443. The van der Waals surface area contributed by atoms with Gasteiger partial charge in [0.25, 0.3) is 0 Å². The lowest BCUT2D eigenvalue weighted by atomic mass is 10.3. The van der Waals surface area contributed by atoms with Crippen molar-refractivity contribution in [1.82, 2.24) is 29.8 Å². The highest BCUT2D eigenvalue weighted by atomic mass is 35.5. The number of nitrogens with two attached hydrogens (primary N) is 2. The Labute approximate surface area is 137 Å². The van der Waals surface area contributed by atoms with E-state index in [2.05, 4.69) is 30.1 Å². The number of aromatic nitrogens is 6. The average molecular weight is 354 g/mol. The van der Waals surface area contributed by atoms with E-state index in [4.69, 9.17) is 23.1 Å². The number of halogens is 2. The maximum Gasteiger partial charge on any atom is 0.240 e. The standard InChI is InChI=1S/C11H9ClFN9S/c12-6-3-5(1-2-7(6)13)16-10(14)9-8(23-21-17-9)4-22-11(15)18-19-20-22/h1-3H,4H2,(H2,14,16)(H2,15,18,20). The van der Waals surface area contributed by atoms with Crippen LogP contribution in [-0.4, -0.2) is 35.6 Å². The summed E-state index contributed by atoms with van der Waals surface area (Å²) < 4.78 is 18.4. The summed E-state index contributed by atoms with van der Waals surface area (Å²) >= 11 is 6.84. The van der Waals surface area contributed by atoms with Crippen molar-refractivity contribution in [2.45, 2.75) is 6.54 Å². The predicted octanol–water partition coefficient (Wildman–Crippen LogP) is 0.985. The van der Waals surface area contributed by atoms with E-state index in [9.17, 15) is 4.39 Å². The number of tetrazole rings is 1. The molecule has 3 aromatic rings. The molecule has 0 amide bonds. The van der Waals surface area contributed by atoms with Gasteiger partial charge >= 0.3 is 0 Å². The van der Waals surface area contributed by atoms with Gasteiger partial charge in [-0.3, -0.25) is 0 Å².